The third-order valence-electron chi connectivity index (χ3n) is 3.82. The smallest absolute Gasteiger partial charge is 0.354 e. The Labute approximate surface area is 145 Å². The van der Waals surface area contributed by atoms with E-state index in [4.69, 9.17) is 9.47 Å². The summed E-state index contributed by atoms with van der Waals surface area (Å²) in [5.74, 6) is -0.856. The number of fused-ring (bicyclic) bond motifs is 1. The van der Waals surface area contributed by atoms with Crippen molar-refractivity contribution in [3.8, 4) is 0 Å². The van der Waals surface area contributed by atoms with Crippen molar-refractivity contribution in [1.82, 2.24) is 4.57 Å². The number of para-hydroxylation sites is 1. The minimum absolute atomic E-state index is 0.0471. The quantitative estimate of drug-likeness (QED) is 0.645. The van der Waals surface area contributed by atoms with E-state index in [0.717, 1.165) is 16.5 Å². The maximum absolute atomic E-state index is 12.3. The van der Waals surface area contributed by atoms with Crippen LogP contribution in [0.25, 0.3) is 10.9 Å². The molecule has 2 aromatic carbocycles. The Balaban J connectivity index is 1.80. The third kappa shape index (κ3) is 3.88. The fourth-order valence-corrected chi connectivity index (χ4v) is 2.67. The molecule has 0 atom stereocenters. The van der Waals surface area contributed by atoms with Gasteiger partial charge in [-0.2, -0.15) is 0 Å². The van der Waals surface area contributed by atoms with Gasteiger partial charge in [0.1, 0.15) is 18.8 Å². The van der Waals surface area contributed by atoms with E-state index in [1.54, 1.807) is 17.6 Å². The zero-order chi connectivity index (χ0) is 17.6. The summed E-state index contributed by atoms with van der Waals surface area (Å²) in [5, 5.41) is 0.876. The lowest BCUT2D eigenvalue weighted by Crippen LogP contribution is -2.18. The standard InChI is InChI=1S/C20H19NO4/c1-2-24-20(23)18-12-16-10-6-7-11-17(16)21(18)13-19(22)25-14-15-8-4-3-5-9-15/h3-12H,2,13-14H2,1H3. The molecule has 0 aliphatic rings. The molecule has 0 saturated heterocycles. The monoisotopic (exact) mass is 337 g/mol. The van der Waals surface area contributed by atoms with Crippen LogP contribution in [0.4, 0.5) is 0 Å². The van der Waals surface area contributed by atoms with Crippen LogP contribution in [-0.4, -0.2) is 23.1 Å². The number of esters is 2. The average molecular weight is 337 g/mol. The first-order valence-corrected chi connectivity index (χ1v) is 8.14. The van der Waals surface area contributed by atoms with Crippen molar-refractivity contribution in [2.75, 3.05) is 6.61 Å². The van der Waals surface area contributed by atoms with Gasteiger partial charge in [0.2, 0.25) is 0 Å². The maximum atomic E-state index is 12.3. The van der Waals surface area contributed by atoms with Crippen molar-refractivity contribution < 1.29 is 19.1 Å². The molecule has 0 bridgehead atoms. The molecule has 128 valence electrons. The lowest BCUT2D eigenvalue weighted by atomic mass is 10.2. The second-order valence-corrected chi connectivity index (χ2v) is 5.54. The molecule has 0 aliphatic carbocycles. The summed E-state index contributed by atoms with van der Waals surface area (Å²) in [6, 6.07) is 18.7. The minimum Gasteiger partial charge on any atom is -0.461 e. The van der Waals surface area contributed by atoms with E-state index in [-0.39, 0.29) is 19.8 Å². The predicted molar refractivity (Wildman–Crippen MR) is 94.1 cm³/mol. The van der Waals surface area contributed by atoms with E-state index in [2.05, 4.69) is 0 Å². The molecule has 0 saturated carbocycles. The molecule has 0 amide bonds. The van der Waals surface area contributed by atoms with Gasteiger partial charge in [-0.25, -0.2) is 4.79 Å². The van der Waals surface area contributed by atoms with Crippen LogP contribution in [0.3, 0.4) is 0 Å². The van der Waals surface area contributed by atoms with Crippen LogP contribution >= 0.6 is 0 Å². The number of hydrogen-bond donors (Lipinski definition) is 0. The summed E-state index contributed by atoms with van der Waals surface area (Å²) in [7, 11) is 0. The first-order valence-electron chi connectivity index (χ1n) is 8.14. The lowest BCUT2D eigenvalue weighted by Gasteiger charge is -2.10. The number of hydrogen-bond acceptors (Lipinski definition) is 4. The molecule has 1 heterocycles. The molecule has 0 spiro atoms. The maximum Gasteiger partial charge on any atom is 0.354 e. The molecule has 0 aliphatic heterocycles. The van der Waals surface area contributed by atoms with Crippen LogP contribution in [0, 0.1) is 0 Å². The summed E-state index contributed by atoms with van der Waals surface area (Å²) >= 11 is 0. The van der Waals surface area contributed by atoms with Gasteiger partial charge in [0.25, 0.3) is 0 Å². The molecule has 0 radical (unpaired) electrons. The molecular weight excluding hydrogens is 318 g/mol. The summed E-state index contributed by atoms with van der Waals surface area (Å²) in [5.41, 5.74) is 2.06. The van der Waals surface area contributed by atoms with E-state index >= 15 is 0 Å². The van der Waals surface area contributed by atoms with Crippen LogP contribution in [0.2, 0.25) is 0 Å². The van der Waals surface area contributed by atoms with Gasteiger partial charge in [-0.3, -0.25) is 4.79 Å². The number of ether oxygens (including phenoxy) is 2. The Morgan fingerprint density at radius 2 is 1.68 bits per heavy atom. The summed E-state index contributed by atoms with van der Waals surface area (Å²) in [6.45, 7) is 2.18. The highest BCUT2D eigenvalue weighted by molar-refractivity contribution is 5.96. The highest BCUT2D eigenvalue weighted by Gasteiger charge is 2.19. The Bertz CT molecular complexity index is 883. The molecule has 3 aromatic rings. The Morgan fingerprint density at radius 3 is 2.44 bits per heavy atom. The Morgan fingerprint density at radius 1 is 0.960 bits per heavy atom. The number of rotatable bonds is 6. The van der Waals surface area contributed by atoms with Crippen molar-refractivity contribution in [1.29, 1.82) is 0 Å². The van der Waals surface area contributed by atoms with Gasteiger partial charge in [0.05, 0.1) is 6.61 Å². The summed E-state index contributed by atoms with van der Waals surface area (Å²) in [6.07, 6.45) is 0. The molecule has 5 nitrogen and oxygen atoms in total. The number of nitrogens with zero attached hydrogens (tertiary/aromatic N) is 1. The van der Waals surface area contributed by atoms with Crippen LogP contribution in [0.5, 0.6) is 0 Å². The van der Waals surface area contributed by atoms with E-state index in [9.17, 15) is 9.59 Å². The van der Waals surface area contributed by atoms with Crippen LogP contribution in [0.1, 0.15) is 23.0 Å². The largest absolute Gasteiger partial charge is 0.461 e. The molecule has 25 heavy (non-hydrogen) atoms. The Kier molecular flexibility index (Phi) is 5.14. The zero-order valence-corrected chi connectivity index (χ0v) is 14.0. The fourth-order valence-electron chi connectivity index (χ4n) is 2.67. The van der Waals surface area contributed by atoms with Crippen molar-refractivity contribution in [2.45, 2.75) is 20.1 Å². The predicted octanol–water partition coefficient (Wildman–Crippen LogP) is 3.56. The van der Waals surface area contributed by atoms with Gasteiger partial charge in [0.15, 0.2) is 0 Å². The molecule has 3 rings (SSSR count). The van der Waals surface area contributed by atoms with E-state index < -0.39 is 11.9 Å². The molecule has 5 heteroatoms. The van der Waals surface area contributed by atoms with Gasteiger partial charge < -0.3 is 14.0 Å². The average Bonchev–Trinajstić information content (AvgIpc) is 3.00. The number of carbonyl (C=O) groups is 2. The second kappa shape index (κ2) is 7.66. The molecule has 1 aromatic heterocycles. The molecule has 0 unspecified atom stereocenters. The highest BCUT2D eigenvalue weighted by Crippen LogP contribution is 2.21. The van der Waals surface area contributed by atoms with Gasteiger partial charge in [0, 0.05) is 10.9 Å². The van der Waals surface area contributed by atoms with E-state index in [1.807, 2.05) is 54.6 Å². The molecular formula is C20H19NO4. The van der Waals surface area contributed by atoms with Crippen molar-refractivity contribution >= 4 is 22.8 Å². The van der Waals surface area contributed by atoms with Crippen LogP contribution in [0.15, 0.2) is 60.7 Å². The summed E-state index contributed by atoms with van der Waals surface area (Å²) in [4.78, 5) is 24.5. The van der Waals surface area contributed by atoms with Gasteiger partial charge in [-0.1, -0.05) is 48.5 Å². The summed E-state index contributed by atoms with van der Waals surface area (Å²) < 4.78 is 12.1. The fraction of sp³-hybridized carbons (Fsp3) is 0.200. The lowest BCUT2D eigenvalue weighted by molar-refractivity contribution is -0.145. The molecule has 0 fully saturated rings. The number of benzene rings is 2. The van der Waals surface area contributed by atoms with Gasteiger partial charge in [-0.05, 0) is 24.6 Å². The minimum atomic E-state index is -0.449. The van der Waals surface area contributed by atoms with E-state index in [1.165, 1.54) is 0 Å². The van der Waals surface area contributed by atoms with E-state index in [0.29, 0.717) is 5.69 Å². The third-order valence-corrected chi connectivity index (χ3v) is 3.82. The van der Waals surface area contributed by atoms with Crippen molar-refractivity contribution in [3.63, 3.8) is 0 Å². The number of aromatic nitrogens is 1. The Hall–Kier alpha value is -3.08. The zero-order valence-electron chi connectivity index (χ0n) is 14.0. The second-order valence-electron chi connectivity index (χ2n) is 5.54. The van der Waals surface area contributed by atoms with Crippen molar-refractivity contribution in [2.24, 2.45) is 0 Å². The topological polar surface area (TPSA) is 57.5 Å². The number of carbonyl (C=O) groups excluding carboxylic acids is 2. The molecule has 0 N–H and O–H groups in total. The van der Waals surface area contributed by atoms with Crippen LogP contribution < -0.4 is 0 Å². The van der Waals surface area contributed by atoms with Crippen molar-refractivity contribution in [3.05, 3.63) is 71.9 Å². The van der Waals surface area contributed by atoms with Gasteiger partial charge >= 0.3 is 11.9 Å². The first kappa shape index (κ1) is 16.8. The highest BCUT2D eigenvalue weighted by atomic mass is 16.5. The SMILES string of the molecule is CCOC(=O)c1cc2ccccc2n1CC(=O)OCc1ccccc1. The normalized spacial score (nSPS) is 10.6. The van der Waals surface area contributed by atoms with Crippen LogP contribution in [-0.2, 0) is 27.4 Å². The van der Waals surface area contributed by atoms with Gasteiger partial charge in [-0.15, -0.1) is 0 Å². The first-order chi connectivity index (χ1) is 12.2.